The fourth-order valence-corrected chi connectivity index (χ4v) is 3.66. The van der Waals surface area contributed by atoms with Crippen molar-refractivity contribution in [3.63, 3.8) is 0 Å². The summed E-state index contributed by atoms with van der Waals surface area (Å²) in [5, 5.41) is 4.86. The van der Waals surface area contributed by atoms with Crippen LogP contribution in [0.2, 0.25) is 0 Å². The molecular weight excluding hydrogens is 450 g/mol. The van der Waals surface area contributed by atoms with E-state index in [-0.39, 0.29) is 5.95 Å². The summed E-state index contributed by atoms with van der Waals surface area (Å²) >= 11 is 0. The SMILES string of the molecule is Nc1nc(Nc2ccc(Oc3ccnc(N(N)Cc4ccccc4)c3)cc2)cc(-c2ccccc2)n1. The van der Waals surface area contributed by atoms with Gasteiger partial charge in [0.15, 0.2) is 0 Å². The normalized spacial score (nSPS) is 10.6. The van der Waals surface area contributed by atoms with Crippen molar-refractivity contribution in [1.29, 1.82) is 0 Å². The first kappa shape index (κ1) is 22.8. The van der Waals surface area contributed by atoms with Crippen LogP contribution >= 0.6 is 0 Å². The van der Waals surface area contributed by atoms with Gasteiger partial charge in [0.25, 0.3) is 0 Å². The second-order valence-electron chi connectivity index (χ2n) is 8.08. The van der Waals surface area contributed by atoms with E-state index in [1.807, 2.05) is 97.1 Å². The molecule has 5 aromatic rings. The molecule has 0 aliphatic carbocycles. The zero-order chi connectivity index (χ0) is 24.7. The van der Waals surface area contributed by atoms with Gasteiger partial charge in [0.05, 0.1) is 12.2 Å². The minimum absolute atomic E-state index is 0.202. The average molecular weight is 476 g/mol. The average Bonchev–Trinajstić information content (AvgIpc) is 2.91. The van der Waals surface area contributed by atoms with Crippen LogP contribution in [0.15, 0.2) is 109 Å². The largest absolute Gasteiger partial charge is 0.457 e. The minimum Gasteiger partial charge on any atom is -0.457 e. The third-order valence-corrected chi connectivity index (χ3v) is 5.38. The van der Waals surface area contributed by atoms with Crippen molar-refractivity contribution in [3.05, 3.63) is 115 Å². The second kappa shape index (κ2) is 10.5. The van der Waals surface area contributed by atoms with Crippen LogP contribution in [0.25, 0.3) is 11.3 Å². The number of aromatic nitrogens is 3. The Kier molecular flexibility index (Phi) is 6.68. The predicted octanol–water partition coefficient (Wildman–Crippen LogP) is 5.54. The first-order valence-corrected chi connectivity index (χ1v) is 11.4. The molecule has 0 unspecified atom stereocenters. The number of hydrogen-bond donors (Lipinski definition) is 3. The fourth-order valence-electron chi connectivity index (χ4n) is 3.66. The first-order valence-electron chi connectivity index (χ1n) is 11.4. The van der Waals surface area contributed by atoms with Crippen molar-refractivity contribution in [2.24, 2.45) is 5.84 Å². The molecule has 36 heavy (non-hydrogen) atoms. The first-order chi connectivity index (χ1) is 17.6. The third-order valence-electron chi connectivity index (χ3n) is 5.38. The van der Waals surface area contributed by atoms with Gasteiger partial charge >= 0.3 is 0 Å². The predicted molar refractivity (Wildman–Crippen MR) is 143 cm³/mol. The Morgan fingerprint density at radius 1 is 0.778 bits per heavy atom. The summed E-state index contributed by atoms with van der Waals surface area (Å²) in [6, 6.07) is 32.8. The van der Waals surface area contributed by atoms with Gasteiger partial charge in [0.1, 0.15) is 23.1 Å². The summed E-state index contributed by atoms with van der Waals surface area (Å²) in [6.45, 7) is 0.539. The van der Waals surface area contributed by atoms with Gasteiger partial charge < -0.3 is 15.8 Å². The van der Waals surface area contributed by atoms with E-state index in [1.165, 1.54) is 0 Å². The third kappa shape index (κ3) is 5.75. The second-order valence-corrected chi connectivity index (χ2v) is 8.08. The van der Waals surface area contributed by atoms with Crippen molar-refractivity contribution in [1.82, 2.24) is 15.0 Å². The molecule has 0 atom stereocenters. The number of rotatable bonds is 8. The van der Waals surface area contributed by atoms with Crippen LogP contribution in [-0.4, -0.2) is 15.0 Å². The molecule has 5 rings (SSSR count). The minimum atomic E-state index is 0.202. The lowest BCUT2D eigenvalue weighted by molar-refractivity contribution is 0.482. The van der Waals surface area contributed by atoms with E-state index in [4.69, 9.17) is 16.3 Å². The summed E-state index contributed by atoms with van der Waals surface area (Å²) in [5.41, 5.74) is 9.59. The number of hydrazine groups is 1. The molecule has 8 nitrogen and oxygen atoms in total. The number of benzene rings is 3. The molecule has 0 spiro atoms. The molecule has 2 aromatic heterocycles. The number of nitrogens with zero attached hydrogens (tertiary/aromatic N) is 4. The van der Waals surface area contributed by atoms with Gasteiger partial charge in [0.2, 0.25) is 5.95 Å². The Morgan fingerprint density at radius 2 is 1.50 bits per heavy atom. The lowest BCUT2D eigenvalue weighted by Crippen LogP contribution is -2.30. The molecule has 0 fully saturated rings. The molecule has 2 heterocycles. The highest BCUT2D eigenvalue weighted by atomic mass is 16.5. The van der Waals surface area contributed by atoms with Gasteiger partial charge in [-0.3, -0.25) is 5.01 Å². The monoisotopic (exact) mass is 475 g/mol. The molecule has 8 heteroatoms. The Hall–Kier alpha value is -4.95. The molecule has 3 aromatic carbocycles. The summed E-state index contributed by atoms with van der Waals surface area (Å²) in [6.07, 6.45) is 1.68. The molecule has 0 saturated carbocycles. The molecule has 5 N–H and O–H groups in total. The van der Waals surface area contributed by atoms with Crippen LogP contribution in [0.4, 0.5) is 23.3 Å². The number of ether oxygens (including phenoxy) is 1. The highest BCUT2D eigenvalue weighted by molar-refractivity contribution is 5.67. The Bertz CT molecular complexity index is 1430. The Balaban J connectivity index is 1.25. The molecule has 0 aliphatic heterocycles. The number of nitrogens with two attached hydrogens (primary N) is 2. The number of hydrogen-bond acceptors (Lipinski definition) is 8. The highest BCUT2D eigenvalue weighted by Crippen LogP contribution is 2.27. The van der Waals surface area contributed by atoms with Crippen LogP contribution < -0.4 is 26.6 Å². The number of nitrogens with one attached hydrogen (secondary N) is 1. The van der Waals surface area contributed by atoms with Gasteiger partial charge in [-0.2, -0.15) is 4.98 Å². The summed E-state index contributed by atoms with van der Waals surface area (Å²) in [4.78, 5) is 13.0. The lowest BCUT2D eigenvalue weighted by Gasteiger charge is -2.18. The van der Waals surface area contributed by atoms with Crippen LogP contribution in [0.3, 0.4) is 0 Å². The Morgan fingerprint density at radius 3 is 2.25 bits per heavy atom. The van der Waals surface area contributed by atoms with Crippen molar-refractivity contribution in [2.75, 3.05) is 16.1 Å². The molecule has 0 bridgehead atoms. The van der Waals surface area contributed by atoms with Crippen molar-refractivity contribution in [2.45, 2.75) is 6.54 Å². The lowest BCUT2D eigenvalue weighted by atomic mass is 10.1. The van der Waals surface area contributed by atoms with E-state index >= 15 is 0 Å². The Labute approximate surface area is 209 Å². The molecule has 0 aliphatic rings. The molecule has 178 valence electrons. The summed E-state index contributed by atoms with van der Waals surface area (Å²) in [5.74, 6) is 8.97. The van der Waals surface area contributed by atoms with Crippen LogP contribution in [0.5, 0.6) is 11.5 Å². The highest BCUT2D eigenvalue weighted by Gasteiger charge is 2.08. The molecule has 0 radical (unpaired) electrons. The van der Waals surface area contributed by atoms with Crippen LogP contribution in [0.1, 0.15) is 5.56 Å². The van der Waals surface area contributed by atoms with Crippen LogP contribution in [-0.2, 0) is 6.54 Å². The van der Waals surface area contributed by atoms with Gasteiger partial charge in [-0.25, -0.2) is 15.8 Å². The summed E-state index contributed by atoms with van der Waals surface area (Å²) in [7, 11) is 0. The summed E-state index contributed by atoms with van der Waals surface area (Å²) < 4.78 is 6.03. The standard InChI is InChI=1S/C28H25N7O/c29-28-33-25(21-9-5-2-6-10-21)18-26(34-28)32-22-11-13-23(14-12-22)36-24-15-16-31-27(17-24)35(30)19-20-7-3-1-4-8-20/h1-18H,19,30H2,(H3,29,32,33,34). The van der Waals surface area contributed by atoms with E-state index in [9.17, 15) is 0 Å². The van der Waals surface area contributed by atoms with Gasteiger partial charge in [-0.05, 0) is 35.9 Å². The number of anilines is 4. The van der Waals surface area contributed by atoms with E-state index in [0.717, 1.165) is 22.5 Å². The molecular formula is C28H25N7O. The molecule has 0 saturated heterocycles. The molecule has 0 amide bonds. The van der Waals surface area contributed by atoms with E-state index < -0.39 is 0 Å². The maximum atomic E-state index is 6.23. The zero-order valence-corrected chi connectivity index (χ0v) is 19.5. The zero-order valence-electron chi connectivity index (χ0n) is 19.5. The van der Waals surface area contributed by atoms with Crippen LogP contribution in [0, 0.1) is 0 Å². The fraction of sp³-hybridized carbons (Fsp3) is 0.0357. The van der Waals surface area contributed by atoms with Crippen molar-refractivity contribution < 1.29 is 4.74 Å². The quantitative estimate of drug-likeness (QED) is 0.198. The van der Waals surface area contributed by atoms with E-state index in [0.29, 0.717) is 29.7 Å². The van der Waals surface area contributed by atoms with E-state index in [2.05, 4.69) is 20.3 Å². The number of nitrogen functional groups attached to an aromatic ring is 1. The number of pyridine rings is 1. The topological polar surface area (TPSA) is 115 Å². The van der Waals surface area contributed by atoms with E-state index in [1.54, 1.807) is 17.3 Å². The van der Waals surface area contributed by atoms with Crippen molar-refractivity contribution in [3.8, 4) is 22.8 Å². The maximum Gasteiger partial charge on any atom is 0.222 e. The van der Waals surface area contributed by atoms with Crippen molar-refractivity contribution >= 4 is 23.3 Å². The van der Waals surface area contributed by atoms with Gasteiger partial charge in [-0.15, -0.1) is 0 Å². The van der Waals surface area contributed by atoms with Gasteiger partial charge in [-0.1, -0.05) is 60.7 Å². The van der Waals surface area contributed by atoms with Gasteiger partial charge in [0, 0.05) is 29.6 Å². The maximum absolute atomic E-state index is 6.23. The smallest absolute Gasteiger partial charge is 0.222 e.